The molecule has 0 bridgehead atoms. The molecule has 152 valence electrons. The number of fused-ring (bicyclic) bond motifs is 2. The van der Waals surface area contributed by atoms with E-state index >= 15 is 0 Å². The van der Waals surface area contributed by atoms with Crippen molar-refractivity contribution in [3.63, 3.8) is 0 Å². The van der Waals surface area contributed by atoms with Crippen LogP contribution in [0, 0.1) is 0 Å². The van der Waals surface area contributed by atoms with Crippen molar-refractivity contribution >= 4 is 22.5 Å². The Balaban J connectivity index is 1.53. The molecular weight excluding hydrogens is 376 g/mol. The van der Waals surface area contributed by atoms with Crippen molar-refractivity contribution in [2.75, 3.05) is 11.4 Å². The molecule has 30 heavy (non-hydrogen) atoms. The molecule has 6 nitrogen and oxygen atoms in total. The van der Waals surface area contributed by atoms with Gasteiger partial charge in [0.25, 0.3) is 5.89 Å². The third-order valence-electron chi connectivity index (χ3n) is 5.67. The monoisotopic (exact) mass is 400 g/mol. The molecule has 2 aromatic heterocycles. The average molecular weight is 400 g/mol. The lowest BCUT2D eigenvalue weighted by Gasteiger charge is -2.29. The molecule has 0 saturated heterocycles. The van der Waals surface area contributed by atoms with E-state index in [-0.39, 0.29) is 12.5 Å². The Morgan fingerprint density at radius 1 is 1.10 bits per heavy atom. The van der Waals surface area contributed by atoms with Gasteiger partial charge in [-0.3, -0.25) is 4.79 Å². The number of benzene rings is 2. The molecular formula is C24H24N4O2. The van der Waals surface area contributed by atoms with Gasteiger partial charge in [0.1, 0.15) is 12.2 Å². The van der Waals surface area contributed by atoms with Crippen molar-refractivity contribution in [3.05, 3.63) is 66.1 Å². The maximum Gasteiger partial charge on any atom is 0.264 e. The standard InChI is InChI=1S/C24H24N4O2/c1-2-8-22-25-26-24(30-22)21-15-18-10-4-6-13-20(18)28(21)16-23(29)27-14-7-11-17-9-3-5-12-19(17)27/h3-6,9-10,12-13,15H,2,7-8,11,14,16H2,1H3. The van der Waals surface area contributed by atoms with E-state index in [0.717, 1.165) is 54.5 Å². The number of aromatic nitrogens is 3. The van der Waals surface area contributed by atoms with Crippen LogP contribution in [-0.4, -0.2) is 27.2 Å². The first-order valence-corrected chi connectivity index (χ1v) is 10.5. The van der Waals surface area contributed by atoms with Gasteiger partial charge < -0.3 is 13.9 Å². The second-order valence-corrected chi connectivity index (χ2v) is 7.70. The summed E-state index contributed by atoms with van der Waals surface area (Å²) >= 11 is 0. The highest BCUT2D eigenvalue weighted by atomic mass is 16.4. The van der Waals surface area contributed by atoms with Crippen LogP contribution in [-0.2, 0) is 24.2 Å². The van der Waals surface area contributed by atoms with E-state index in [1.54, 1.807) is 0 Å². The molecule has 3 heterocycles. The van der Waals surface area contributed by atoms with Crippen LogP contribution in [0.2, 0.25) is 0 Å². The van der Waals surface area contributed by atoms with Gasteiger partial charge in [-0.25, -0.2) is 0 Å². The third-order valence-corrected chi connectivity index (χ3v) is 5.67. The van der Waals surface area contributed by atoms with E-state index < -0.39 is 0 Å². The molecule has 0 aliphatic carbocycles. The number of hydrogen-bond donors (Lipinski definition) is 0. The van der Waals surface area contributed by atoms with Gasteiger partial charge in [0, 0.05) is 29.6 Å². The van der Waals surface area contributed by atoms with Crippen molar-refractivity contribution in [1.82, 2.24) is 14.8 Å². The zero-order valence-corrected chi connectivity index (χ0v) is 17.0. The Kier molecular flexibility index (Phi) is 4.83. The smallest absolute Gasteiger partial charge is 0.264 e. The van der Waals surface area contributed by atoms with Crippen LogP contribution >= 0.6 is 0 Å². The minimum Gasteiger partial charge on any atom is -0.419 e. The summed E-state index contributed by atoms with van der Waals surface area (Å²) in [6.07, 6.45) is 3.68. The van der Waals surface area contributed by atoms with Gasteiger partial charge in [0.2, 0.25) is 11.8 Å². The number of carbonyl (C=O) groups excluding carboxylic acids is 1. The first-order chi connectivity index (χ1) is 14.7. The lowest BCUT2D eigenvalue weighted by atomic mass is 10.0. The van der Waals surface area contributed by atoms with Gasteiger partial charge >= 0.3 is 0 Å². The summed E-state index contributed by atoms with van der Waals surface area (Å²) in [5, 5.41) is 9.47. The van der Waals surface area contributed by atoms with Crippen molar-refractivity contribution in [1.29, 1.82) is 0 Å². The van der Waals surface area contributed by atoms with E-state index in [1.807, 2.05) is 58.0 Å². The highest BCUT2D eigenvalue weighted by Crippen LogP contribution is 2.30. The highest BCUT2D eigenvalue weighted by Gasteiger charge is 2.25. The fourth-order valence-corrected chi connectivity index (χ4v) is 4.24. The maximum absolute atomic E-state index is 13.4. The number of amides is 1. The number of aryl methyl sites for hydroxylation is 2. The van der Waals surface area contributed by atoms with Crippen LogP contribution in [0.3, 0.4) is 0 Å². The minimum atomic E-state index is 0.0676. The molecule has 0 spiro atoms. The Bertz CT molecular complexity index is 1210. The molecule has 0 atom stereocenters. The van der Waals surface area contributed by atoms with Gasteiger partial charge in [0.05, 0.1) is 0 Å². The van der Waals surface area contributed by atoms with Gasteiger partial charge in [-0.15, -0.1) is 10.2 Å². The first kappa shape index (κ1) is 18.6. The summed E-state index contributed by atoms with van der Waals surface area (Å²) in [7, 11) is 0. The van der Waals surface area contributed by atoms with Crippen LogP contribution in [0.25, 0.3) is 22.5 Å². The number of para-hydroxylation sites is 2. The molecule has 0 saturated carbocycles. The number of hydrogen-bond acceptors (Lipinski definition) is 4. The molecule has 1 amide bonds. The van der Waals surface area contributed by atoms with Crippen LogP contribution < -0.4 is 4.90 Å². The van der Waals surface area contributed by atoms with Gasteiger partial charge in [-0.05, 0) is 43.0 Å². The topological polar surface area (TPSA) is 64.2 Å². The highest BCUT2D eigenvalue weighted by molar-refractivity contribution is 5.96. The minimum absolute atomic E-state index is 0.0676. The van der Waals surface area contributed by atoms with E-state index in [4.69, 9.17) is 4.42 Å². The van der Waals surface area contributed by atoms with Crippen LogP contribution in [0.15, 0.2) is 59.0 Å². The average Bonchev–Trinajstić information content (AvgIpc) is 3.38. The number of anilines is 1. The van der Waals surface area contributed by atoms with Crippen molar-refractivity contribution in [3.8, 4) is 11.6 Å². The molecule has 0 fully saturated rings. The second kappa shape index (κ2) is 7.78. The summed E-state index contributed by atoms with van der Waals surface area (Å²) < 4.78 is 7.89. The predicted octanol–water partition coefficient (Wildman–Crippen LogP) is 4.62. The normalized spacial score (nSPS) is 13.6. The molecule has 0 unspecified atom stereocenters. The molecule has 0 N–H and O–H groups in total. The second-order valence-electron chi connectivity index (χ2n) is 7.70. The van der Waals surface area contributed by atoms with Crippen molar-refractivity contribution in [2.45, 2.75) is 39.2 Å². The lowest BCUT2D eigenvalue weighted by molar-refractivity contribution is -0.119. The van der Waals surface area contributed by atoms with Crippen LogP contribution in [0.5, 0.6) is 0 Å². The van der Waals surface area contributed by atoms with Gasteiger partial charge in [0.15, 0.2) is 0 Å². The SMILES string of the molecule is CCCc1nnc(-c2cc3ccccc3n2CC(=O)N2CCCc3ccccc32)o1. The van der Waals surface area contributed by atoms with Crippen LogP contribution in [0.4, 0.5) is 5.69 Å². The Morgan fingerprint density at radius 2 is 1.93 bits per heavy atom. The molecule has 5 rings (SSSR count). The fraction of sp³-hybridized carbons (Fsp3) is 0.292. The molecule has 6 heteroatoms. The van der Waals surface area contributed by atoms with E-state index in [9.17, 15) is 4.79 Å². The number of rotatable bonds is 5. The summed E-state index contributed by atoms with van der Waals surface area (Å²) in [5.41, 5.74) is 4.02. The predicted molar refractivity (Wildman–Crippen MR) is 116 cm³/mol. The maximum atomic E-state index is 13.4. The summed E-state index contributed by atoms with van der Waals surface area (Å²) in [5.74, 6) is 1.15. The van der Waals surface area contributed by atoms with E-state index in [1.165, 1.54) is 5.56 Å². The summed E-state index contributed by atoms with van der Waals surface area (Å²) in [6.45, 7) is 3.05. The quantitative estimate of drug-likeness (QED) is 0.490. The zero-order chi connectivity index (χ0) is 20.5. The lowest BCUT2D eigenvalue weighted by Crippen LogP contribution is -2.37. The van der Waals surface area contributed by atoms with E-state index in [2.05, 4.69) is 23.2 Å². The van der Waals surface area contributed by atoms with Gasteiger partial charge in [-0.2, -0.15) is 0 Å². The van der Waals surface area contributed by atoms with Crippen LogP contribution in [0.1, 0.15) is 31.2 Å². The molecule has 1 aliphatic heterocycles. The molecule has 0 radical (unpaired) electrons. The van der Waals surface area contributed by atoms with E-state index in [0.29, 0.717) is 11.8 Å². The number of nitrogens with zero attached hydrogens (tertiary/aromatic N) is 4. The zero-order valence-electron chi connectivity index (χ0n) is 17.0. The Labute approximate surface area is 175 Å². The first-order valence-electron chi connectivity index (χ1n) is 10.5. The molecule has 2 aromatic carbocycles. The Morgan fingerprint density at radius 3 is 2.83 bits per heavy atom. The summed E-state index contributed by atoms with van der Waals surface area (Å²) in [4.78, 5) is 15.3. The van der Waals surface area contributed by atoms with Crippen molar-refractivity contribution in [2.24, 2.45) is 0 Å². The Hall–Kier alpha value is -3.41. The van der Waals surface area contributed by atoms with Crippen molar-refractivity contribution < 1.29 is 9.21 Å². The fourth-order valence-electron chi connectivity index (χ4n) is 4.24. The largest absolute Gasteiger partial charge is 0.419 e. The van der Waals surface area contributed by atoms with Gasteiger partial charge in [-0.1, -0.05) is 43.3 Å². The number of carbonyl (C=O) groups is 1. The third kappa shape index (κ3) is 3.28. The summed E-state index contributed by atoms with van der Waals surface area (Å²) in [6, 6.07) is 18.3. The molecule has 4 aromatic rings. The molecule has 1 aliphatic rings.